The Labute approximate surface area is 131 Å². The van der Waals surface area contributed by atoms with Crippen LogP contribution in [0.4, 0.5) is 5.69 Å². The van der Waals surface area contributed by atoms with Crippen LogP contribution in [0.2, 0.25) is 0 Å². The smallest absolute Gasteiger partial charge is 0.138 e. The summed E-state index contributed by atoms with van der Waals surface area (Å²) >= 11 is 0. The van der Waals surface area contributed by atoms with Crippen LogP contribution in [0.15, 0.2) is 30.5 Å². The third-order valence-electron chi connectivity index (χ3n) is 4.18. The zero-order valence-corrected chi connectivity index (χ0v) is 13.3. The lowest BCUT2D eigenvalue weighted by Crippen LogP contribution is -2.48. The molecule has 1 N–H and O–H groups in total. The topological polar surface area (TPSA) is 45.6 Å². The van der Waals surface area contributed by atoms with Crippen LogP contribution in [-0.4, -0.2) is 36.4 Å². The molecule has 4 heteroatoms. The molecular weight excluding hydrogens is 276 g/mol. The molecule has 2 aromatic rings. The van der Waals surface area contributed by atoms with Gasteiger partial charge in [-0.05, 0) is 24.5 Å². The maximum absolute atomic E-state index is 9.16. The van der Waals surface area contributed by atoms with Crippen molar-refractivity contribution < 1.29 is 9.84 Å². The summed E-state index contributed by atoms with van der Waals surface area (Å²) in [5.41, 5.74) is 2.16. The largest absolute Gasteiger partial charge is 0.492 e. The van der Waals surface area contributed by atoms with Crippen molar-refractivity contribution in [3.05, 3.63) is 30.5 Å². The third-order valence-corrected chi connectivity index (χ3v) is 4.18. The van der Waals surface area contributed by atoms with Crippen LogP contribution in [0.3, 0.4) is 0 Å². The van der Waals surface area contributed by atoms with Gasteiger partial charge in [-0.1, -0.05) is 26.0 Å². The minimum Gasteiger partial charge on any atom is -0.492 e. The summed E-state index contributed by atoms with van der Waals surface area (Å²) < 4.78 is 5.79. The molecular formula is C18H24N2O2. The van der Waals surface area contributed by atoms with Crippen molar-refractivity contribution >= 4 is 16.6 Å². The van der Waals surface area contributed by atoms with Crippen molar-refractivity contribution in [1.29, 1.82) is 0 Å². The number of ether oxygens (including phenoxy) is 1. The van der Waals surface area contributed by atoms with Gasteiger partial charge < -0.3 is 14.7 Å². The molecule has 1 fully saturated rings. The van der Waals surface area contributed by atoms with Crippen molar-refractivity contribution in [2.24, 2.45) is 11.8 Å². The third kappa shape index (κ3) is 3.17. The predicted octanol–water partition coefficient (Wildman–Crippen LogP) is 3.09. The molecule has 0 bridgehead atoms. The minimum atomic E-state index is 0.266. The standard InChI is InChI=1S/C18H24N2O2/c1-13(2)6-7-22-16-8-15-4-3-5-17(18(15)19-9-16)20-10-14(11-20)12-21/h3-5,8-9,13-14,21H,6-7,10-12H2,1-2H3. The van der Waals surface area contributed by atoms with E-state index in [4.69, 9.17) is 9.84 Å². The van der Waals surface area contributed by atoms with E-state index in [1.807, 2.05) is 6.20 Å². The Hall–Kier alpha value is -1.81. The van der Waals surface area contributed by atoms with Gasteiger partial charge in [0, 0.05) is 31.0 Å². The van der Waals surface area contributed by atoms with E-state index >= 15 is 0 Å². The molecule has 0 atom stereocenters. The van der Waals surface area contributed by atoms with E-state index in [0.29, 0.717) is 11.8 Å². The van der Waals surface area contributed by atoms with E-state index in [1.165, 1.54) is 0 Å². The van der Waals surface area contributed by atoms with Gasteiger partial charge in [-0.3, -0.25) is 4.98 Å². The van der Waals surface area contributed by atoms with Gasteiger partial charge in [0.1, 0.15) is 5.75 Å². The van der Waals surface area contributed by atoms with Crippen LogP contribution in [0.1, 0.15) is 20.3 Å². The molecule has 0 unspecified atom stereocenters. The Morgan fingerprint density at radius 1 is 1.36 bits per heavy atom. The van der Waals surface area contributed by atoms with Gasteiger partial charge in [0.25, 0.3) is 0 Å². The highest BCUT2D eigenvalue weighted by Gasteiger charge is 2.27. The van der Waals surface area contributed by atoms with E-state index < -0.39 is 0 Å². The van der Waals surface area contributed by atoms with E-state index in [2.05, 4.69) is 48.0 Å². The average molecular weight is 300 g/mol. The highest BCUT2D eigenvalue weighted by molar-refractivity contribution is 5.91. The number of benzene rings is 1. The zero-order valence-electron chi connectivity index (χ0n) is 13.3. The predicted molar refractivity (Wildman–Crippen MR) is 89.5 cm³/mol. The molecule has 1 aliphatic heterocycles. The molecule has 2 heterocycles. The highest BCUT2D eigenvalue weighted by Crippen LogP contribution is 2.31. The molecule has 118 valence electrons. The molecule has 1 aromatic heterocycles. The van der Waals surface area contributed by atoms with Crippen molar-refractivity contribution in [2.75, 3.05) is 31.2 Å². The molecule has 3 rings (SSSR count). The number of para-hydroxylation sites is 1. The Kier molecular flexibility index (Phi) is 4.48. The van der Waals surface area contributed by atoms with Gasteiger partial charge in [-0.15, -0.1) is 0 Å². The van der Waals surface area contributed by atoms with Crippen LogP contribution < -0.4 is 9.64 Å². The highest BCUT2D eigenvalue weighted by atomic mass is 16.5. The monoisotopic (exact) mass is 300 g/mol. The summed E-state index contributed by atoms with van der Waals surface area (Å²) in [5, 5.41) is 10.3. The SMILES string of the molecule is CC(C)CCOc1cnc2c(N3CC(CO)C3)cccc2c1. The zero-order chi connectivity index (χ0) is 15.5. The molecule has 4 nitrogen and oxygen atoms in total. The molecule has 0 amide bonds. The number of nitrogens with zero attached hydrogens (tertiary/aromatic N) is 2. The molecule has 1 saturated heterocycles. The number of aliphatic hydroxyl groups is 1. The van der Waals surface area contributed by atoms with Gasteiger partial charge in [-0.2, -0.15) is 0 Å². The quantitative estimate of drug-likeness (QED) is 0.890. The van der Waals surface area contributed by atoms with E-state index in [0.717, 1.165) is 48.5 Å². The lowest BCUT2D eigenvalue weighted by atomic mass is 9.99. The van der Waals surface area contributed by atoms with Gasteiger partial charge in [0.2, 0.25) is 0 Å². The fraction of sp³-hybridized carbons (Fsp3) is 0.500. The number of hydrogen-bond acceptors (Lipinski definition) is 4. The number of pyridine rings is 1. The van der Waals surface area contributed by atoms with Gasteiger partial charge in [-0.25, -0.2) is 0 Å². The molecule has 0 radical (unpaired) electrons. The maximum atomic E-state index is 9.16. The molecule has 1 aromatic carbocycles. The Morgan fingerprint density at radius 2 is 2.18 bits per heavy atom. The molecule has 0 spiro atoms. The number of fused-ring (bicyclic) bond motifs is 1. The van der Waals surface area contributed by atoms with Gasteiger partial charge in [0.15, 0.2) is 0 Å². The van der Waals surface area contributed by atoms with Crippen LogP contribution in [0, 0.1) is 11.8 Å². The van der Waals surface area contributed by atoms with Gasteiger partial charge >= 0.3 is 0 Å². The number of aliphatic hydroxyl groups excluding tert-OH is 1. The van der Waals surface area contributed by atoms with Crippen molar-refractivity contribution in [3.8, 4) is 5.75 Å². The number of hydrogen-bond donors (Lipinski definition) is 1. The minimum absolute atomic E-state index is 0.266. The average Bonchev–Trinajstić information content (AvgIpc) is 2.46. The number of aromatic nitrogens is 1. The molecule has 0 saturated carbocycles. The summed E-state index contributed by atoms with van der Waals surface area (Å²) in [6, 6.07) is 8.30. The Balaban J connectivity index is 1.76. The normalized spacial score (nSPS) is 15.4. The number of anilines is 1. The summed E-state index contributed by atoms with van der Waals surface area (Å²) in [6.45, 7) is 7.20. The maximum Gasteiger partial charge on any atom is 0.138 e. The fourth-order valence-corrected chi connectivity index (χ4v) is 2.75. The lowest BCUT2D eigenvalue weighted by Gasteiger charge is -2.40. The van der Waals surface area contributed by atoms with Crippen LogP contribution in [-0.2, 0) is 0 Å². The number of rotatable bonds is 6. The lowest BCUT2D eigenvalue weighted by molar-refractivity contribution is 0.201. The first kappa shape index (κ1) is 15.1. The first-order chi connectivity index (χ1) is 10.7. The van der Waals surface area contributed by atoms with Crippen molar-refractivity contribution in [2.45, 2.75) is 20.3 Å². The van der Waals surface area contributed by atoms with E-state index in [1.54, 1.807) is 0 Å². The van der Waals surface area contributed by atoms with Crippen molar-refractivity contribution in [1.82, 2.24) is 4.98 Å². The second-order valence-corrected chi connectivity index (χ2v) is 6.50. The van der Waals surface area contributed by atoms with E-state index in [9.17, 15) is 0 Å². The molecule has 22 heavy (non-hydrogen) atoms. The summed E-state index contributed by atoms with van der Waals surface area (Å²) in [7, 11) is 0. The first-order valence-corrected chi connectivity index (χ1v) is 8.04. The summed E-state index contributed by atoms with van der Waals surface area (Å²) in [4.78, 5) is 6.88. The van der Waals surface area contributed by atoms with E-state index in [-0.39, 0.29) is 6.61 Å². The first-order valence-electron chi connectivity index (χ1n) is 8.04. The fourth-order valence-electron chi connectivity index (χ4n) is 2.75. The van der Waals surface area contributed by atoms with Crippen LogP contribution in [0.5, 0.6) is 5.75 Å². The van der Waals surface area contributed by atoms with Crippen molar-refractivity contribution in [3.63, 3.8) is 0 Å². The Bertz CT molecular complexity index is 636. The molecule has 0 aliphatic carbocycles. The second-order valence-electron chi connectivity index (χ2n) is 6.50. The summed E-state index contributed by atoms with van der Waals surface area (Å²) in [5.74, 6) is 1.88. The van der Waals surface area contributed by atoms with Crippen LogP contribution in [0.25, 0.3) is 10.9 Å². The second kappa shape index (κ2) is 6.53. The Morgan fingerprint density at radius 3 is 2.91 bits per heavy atom. The summed E-state index contributed by atoms with van der Waals surface area (Å²) in [6.07, 6.45) is 2.86. The van der Waals surface area contributed by atoms with Gasteiger partial charge in [0.05, 0.1) is 24.0 Å². The molecule has 1 aliphatic rings. The van der Waals surface area contributed by atoms with Crippen LogP contribution >= 0.6 is 0 Å².